The molecule has 0 bridgehead atoms. The molecule has 0 aliphatic heterocycles. The normalized spacial score (nSPS) is 12.0. The summed E-state index contributed by atoms with van der Waals surface area (Å²) in [6, 6.07) is 6.53. The second kappa shape index (κ2) is 5.87. The van der Waals surface area contributed by atoms with Crippen molar-refractivity contribution in [2.75, 3.05) is 12.8 Å². The van der Waals surface area contributed by atoms with Gasteiger partial charge in [-0.15, -0.1) is 0 Å². The highest BCUT2D eigenvalue weighted by molar-refractivity contribution is 7.89. The van der Waals surface area contributed by atoms with Crippen molar-refractivity contribution < 1.29 is 12.9 Å². The molecule has 0 radical (unpaired) electrons. The Morgan fingerprint density at radius 1 is 1.33 bits per heavy atom. The minimum atomic E-state index is -3.60. The van der Waals surface area contributed by atoms with Crippen molar-refractivity contribution in [3.05, 3.63) is 41.3 Å². The first-order chi connectivity index (χ1) is 9.84. The average molecular weight is 309 g/mol. The second-order valence-electron chi connectivity index (χ2n) is 4.90. The molecule has 0 aliphatic rings. The van der Waals surface area contributed by atoms with Gasteiger partial charge in [0.25, 0.3) is 0 Å². The highest BCUT2D eigenvalue weighted by Gasteiger charge is 2.22. The van der Waals surface area contributed by atoms with E-state index >= 15 is 0 Å². The lowest BCUT2D eigenvalue weighted by molar-refractivity contribution is 0.378. The molecule has 7 heteroatoms. The predicted molar refractivity (Wildman–Crippen MR) is 80.1 cm³/mol. The van der Waals surface area contributed by atoms with E-state index in [1.165, 1.54) is 17.4 Å². The van der Waals surface area contributed by atoms with E-state index in [1.807, 2.05) is 6.92 Å². The number of hydrogen-bond donors (Lipinski definition) is 1. The fourth-order valence-electron chi connectivity index (χ4n) is 2.04. The molecule has 1 aromatic carbocycles. The molecule has 0 fully saturated rings. The molecule has 21 heavy (non-hydrogen) atoms. The minimum Gasteiger partial charge on any atom is -0.398 e. The lowest BCUT2D eigenvalue weighted by Gasteiger charge is -2.16. The Hall–Kier alpha value is -1.86. The molecule has 0 amide bonds. The molecule has 0 atom stereocenters. The van der Waals surface area contributed by atoms with Crippen molar-refractivity contribution >= 4 is 15.7 Å². The number of benzene rings is 1. The summed E-state index contributed by atoms with van der Waals surface area (Å²) < 4.78 is 31.2. The van der Waals surface area contributed by atoms with Gasteiger partial charge in [0.15, 0.2) is 0 Å². The summed E-state index contributed by atoms with van der Waals surface area (Å²) in [5, 5.41) is 3.80. The van der Waals surface area contributed by atoms with Gasteiger partial charge in [0.05, 0.1) is 17.1 Å². The van der Waals surface area contributed by atoms with E-state index < -0.39 is 10.0 Å². The summed E-state index contributed by atoms with van der Waals surface area (Å²) in [5.41, 5.74) is 7.86. The second-order valence-corrected chi connectivity index (χ2v) is 6.95. The maximum atomic E-state index is 12.5. The number of aryl methyl sites for hydroxylation is 2. The maximum Gasteiger partial charge on any atom is 0.243 e. The lowest BCUT2D eigenvalue weighted by Crippen LogP contribution is -2.26. The molecule has 2 N–H and O–H groups in total. The molecule has 0 saturated heterocycles. The van der Waals surface area contributed by atoms with E-state index in [1.54, 1.807) is 25.1 Å². The molecule has 1 heterocycles. The zero-order valence-corrected chi connectivity index (χ0v) is 13.1. The molecule has 2 rings (SSSR count). The summed E-state index contributed by atoms with van der Waals surface area (Å²) >= 11 is 0. The fraction of sp³-hybridized carbons (Fsp3) is 0.357. The Morgan fingerprint density at radius 2 is 2.05 bits per heavy atom. The van der Waals surface area contributed by atoms with E-state index in [2.05, 4.69) is 5.16 Å². The van der Waals surface area contributed by atoms with Gasteiger partial charge in [-0.1, -0.05) is 18.1 Å². The van der Waals surface area contributed by atoms with Crippen molar-refractivity contribution in [1.82, 2.24) is 9.46 Å². The Morgan fingerprint density at radius 3 is 2.57 bits per heavy atom. The monoisotopic (exact) mass is 309 g/mol. The van der Waals surface area contributed by atoms with E-state index in [-0.39, 0.29) is 11.4 Å². The zero-order chi connectivity index (χ0) is 15.6. The molecule has 0 saturated carbocycles. The first-order valence-electron chi connectivity index (χ1n) is 6.61. The molecular formula is C14H19N3O3S. The third-order valence-electron chi connectivity index (χ3n) is 3.27. The smallest absolute Gasteiger partial charge is 0.243 e. The van der Waals surface area contributed by atoms with Crippen molar-refractivity contribution in [2.24, 2.45) is 0 Å². The summed E-state index contributed by atoms with van der Waals surface area (Å²) in [6.45, 7) is 3.88. The predicted octanol–water partition coefficient (Wildman–Crippen LogP) is 1.95. The summed E-state index contributed by atoms with van der Waals surface area (Å²) in [4.78, 5) is 0.180. The van der Waals surface area contributed by atoms with Gasteiger partial charge in [0, 0.05) is 18.8 Å². The zero-order valence-electron chi connectivity index (χ0n) is 12.3. The molecule has 2 aromatic rings. The van der Waals surface area contributed by atoms with Crippen LogP contribution in [-0.4, -0.2) is 24.9 Å². The van der Waals surface area contributed by atoms with Crippen LogP contribution in [0.1, 0.15) is 23.9 Å². The van der Waals surface area contributed by atoms with Gasteiger partial charge in [0.2, 0.25) is 10.0 Å². The molecule has 6 nitrogen and oxygen atoms in total. The highest BCUT2D eigenvalue weighted by atomic mass is 32.2. The van der Waals surface area contributed by atoms with E-state index in [4.69, 9.17) is 10.3 Å². The molecule has 0 spiro atoms. The van der Waals surface area contributed by atoms with E-state index in [9.17, 15) is 8.42 Å². The van der Waals surface area contributed by atoms with Gasteiger partial charge < -0.3 is 10.3 Å². The van der Waals surface area contributed by atoms with Crippen molar-refractivity contribution in [3.8, 4) is 0 Å². The van der Waals surface area contributed by atoms with Crippen LogP contribution in [0.25, 0.3) is 0 Å². The molecular weight excluding hydrogens is 290 g/mol. The highest BCUT2D eigenvalue weighted by Crippen LogP contribution is 2.22. The van der Waals surface area contributed by atoms with Crippen molar-refractivity contribution in [1.29, 1.82) is 0 Å². The number of sulfonamides is 1. The van der Waals surface area contributed by atoms with Crippen molar-refractivity contribution in [3.63, 3.8) is 0 Å². The van der Waals surface area contributed by atoms with E-state index in [0.29, 0.717) is 17.1 Å². The first-order valence-corrected chi connectivity index (χ1v) is 8.05. The molecule has 0 unspecified atom stereocenters. The number of aromatic nitrogens is 1. The van der Waals surface area contributed by atoms with Crippen LogP contribution < -0.4 is 5.73 Å². The van der Waals surface area contributed by atoms with E-state index in [0.717, 1.165) is 12.0 Å². The van der Waals surface area contributed by atoms with Crippen LogP contribution in [0.4, 0.5) is 5.69 Å². The van der Waals surface area contributed by atoms with Crippen LogP contribution in [0.2, 0.25) is 0 Å². The summed E-state index contributed by atoms with van der Waals surface area (Å²) in [5.74, 6) is 0.646. The molecule has 0 aliphatic carbocycles. The molecule has 114 valence electrons. The minimum absolute atomic E-state index is 0.148. The van der Waals surface area contributed by atoms with Gasteiger partial charge in [-0.05, 0) is 31.0 Å². The van der Waals surface area contributed by atoms with Gasteiger partial charge in [-0.3, -0.25) is 0 Å². The van der Waals surface area contributed by atoms with Crippen LogP contribution in [0.15, 0.2) is 33.7 Å². The summed E-state index contributed by atoms with van der Waals surface area (Å²) in [7, 11) is -2.10. The summed E-state index contributed by atoms with van der Waals surface area (Å²) in [6.07, 6.45) is 0.764. The van der Waals surface area contributed by atoms with Crippen LogP contribution in [0, 0.1) is 6.92 Å². The number of anilines is 1. The standard InChI is InChI=1S/C14H19N3O3S/c1-4-11-5-6-13(8-14(11)15)21(18,19)17(3)9-12-7-10(2)20-16-12/h5-8H,4,9,15H2,1-3H3. The SMILES string of the molecule is CCc1ccc(S(=O)(=O)N(C)Cc2cc(C)on2)cc1N. The maximum absolute atomic E-state index is 12.5. The largest absolute Gasteiger partial charge is 0.398 e. The third-order valence-corrected chi connectivity index (χ3v) is 5.07. The number of rotatable bonds is 5. The van der Waals surface area contributed by atoms with Gasteiger partial charge in [-0.25, -0.2) is 8.42 Å². The van der Waals surface area contributed by atoms with Crippen LogP contribution in [0.3, 0.4) is 0 Å². The Kier molecular flexibility index (Phi) is 4.34. The Bertz CT molecular complexity index is 738. The lowest BCUT2D eigenvalue weighted by atomic mass is 10.1. The third kappa shape index (κ3) is 3.25. The van der Waals surface area contributed by atoms with Crippen LogP contribution in [-0.2, 0) is 23.0 Å². The fourth-order valence-corrected chi connectivity index (χ4v) is 3.22. The number of nitrogens with two attached hydrogens (primary N) is 1. The average Bonchev–Trinajstić information content (AvgIpc) is 2.83. The van der Waals surface area contributed by atoms with Crippen LogP contribution in [0.5, 0.6) is 0 Å². The first kappa shape index (κ1) is 15.5. The molecule has 1 aromatic heterocycles. The number of hydrogen-bond acceptors (Lipinski definition) is 5. The van der Waals surface area contributed by atoms with Gasteiger partial charge in [-0.2, -0.15) is 4.31 Å². The van der Waals surface area contributed by atoms with Gasteiger partial charge in [0.1, 0.15) is 5.76 Å². The number of nitrogens with zero attached hydrogens (tertiary/aromatic N) is 2. The number of nitrogen functional groups attached to an aromatic ring is 1. The quantitative estimate of drug-likeness (QED) is 0.853. The van der Waals surface area contributed by atoms with Crippen LogP contribution >= 0.6 is 0 Å². The van der Waals surface area contributed by atoms with Gasteiger partial charge >= 0.3 is 0 Å². The topological polar surface area (TPSA) is 89.4 Å². The van der Waals surface area contributed by atoms with Crippen molar-refractivity contribution in [2.45, 2.75) is 31.7 Å². The Balaban J connectivity index is 2.26. The Labute approximate surface area is 124 Å².